The molecule has 0 fully saturated rings. The summed E-state index contributed by atoms with van der Waals surface area (Å²) in [5.41, 5.74) is 1.99. The molecular formula is C21H27NO4. The zero-order valence-electron chi connectivity index (χ0n) is 15.7. The van der Waals surface area contributed by atoms with E-state index in [0.29, 0.717) is 31.3 Å². The first-order valence-corrected chi connectivity index (χ1v) is 8.94. The summed E-state index contributed by atoms with van der Waals surface area (Å²) in [6, 6.07) is 15.3. The van der Waals surface area contributed by atoms with Crippen molar-refractivity contribution in [1.29, 1.82) is 0 Å². The Morgan fingerprint density at radius 3 is 2.38 bits per heavy atom. The molecule has 0 aliphatic heterocycles. The lowest BCUT2D eigenvalue weighted by Gasteiger charge is -2.17. The van der Waals surface area contributed by atoms with Crippen molar-refractivity contribution < 1.29 is 19.0 Å². The van der Waals surface area contributed by atoms with Crippen LogP contribution in [0.3, 0.4) is 0 Å². The lowest BCUT2D eigenvalue weighted by Crippen LogP contribution is -2.30. The van der Waals surface area contributed by atoms with Crippen LogP contribution in [0.15, 0.2) is 48.5 Å². The third-order valence-corrected chi connectivity index (χ3v) is 3.79. The van der Waals surface area contributed by atoms with Gasteiger partial charge in [-0.15, -0.1) is 0 Å². The summed E-state index contributed by atoms with van der Waals surface area (Å²) in [5.74, 6) is 1.25. The summed E-state index contributed by atoms with van der Waals surface area (Å²) in [7, 11) is 0. The summed E-state index contributed by atoms with van der Waals surface area (Å²) in [6.07, 6.45) is 0. The Balaban J connectivity index is 1.88. The van der Waals surface area contributed by atoms with E-state index >= 15 is 0 Å². The molecule has 2 aromatic carbocycles. The molecule has 5 heteroatoms. The second-order valence-electron chi connectivity index (χ2n) is 5.84. The fraction of sp³-hybridized carbons (Fsp3) is 0.381. The largest absolute Gasteiger partial charge is 0.490 e. The highest BCUT2D eigenvalue weighted by molar-refractivity contribution is 5.77. The zero-order chi connectivity index (χ0) is 18.8. The molecule has 1 amide bonds. The van der Waals surface area contributed by atoms with Crippen LogP contribution in [0.25, 0.3) is 0 Å². The minimum absolute atomic E-state index is 0.0224. The van der Waals surface area contributed by atoms with Crippen LogP contribution in [0, 0.1) is 0 Å². The minimum atomic E-state index is -0.155. The summed E-state index contributed by atoms with van der Waals surface area (Å²) in [5, 5.41) is 2.94. The molecule has 26 heavy (non-hydrogen) atoms. The van der Waals surface area contributed by atoms with Crippen molar-refractivity contribution in [1.82, 2.24) is 5.32 Å². The second-order valence-corrected chi connectivity index (χ2v) is 5.84. The lowest BCUT2D eigenvalue weighted by atomic mass is 10.1. The molecule has 2 rings (SSSR count). The first-order valence-electron chi connectivity index (χ1n) is 8.94. The highest BCUT2D eigenvalue weighted by atomic mass is 16.5. The molecule has 0 radical (unpaired) electrons. The van der Waals surface area contributed by atoms with Gasteiger partial charge < -0.3 is 19.5 Å². The molecule has 140 valence electrons. The van der Waals surface area contributed by atoms with Crippen molar-refractivity contribution in [2.24, 2.45) is 0 Å². The van der Waals surface area contributed by atoms with Crippen LogP contribution in [0.2, 0.25) is 0 Å². The van der Waals surface area contributed by atoms with Crippen molar-refractivity contribution in [3.05, 3.63) is 59.7 Å². The highest BCUT2D eigenvalue weighted by Crippen LogP contribution is 2.30. The minimum Gasteiger partial charge on any atom is -0.490 e. The Labute approximate surface area is 155 Å². The fourth-order valence-electron chi connectivity index (χ4n) is 2.54. The molecule has 2 aromatic rings. The van der Waals surface area contributed by atoms with E-state index in [0.717, 1.165) is 11.1 Å². The van der Waals surface area contributed by atoms with Gasteiger partial charge in [0.15, 0.2) is 11.5 Å². The van der Waals surface area contributed by atoms with Crippen molar-refractivity contribution >= 4 is 5.91 Å². The van der Waals surface area contributed by atoms with E-state index in [-0.39, 0.29) is 18.6 Å². The van der Waals surface area contributed by atoms with Gasteiger partial charge in [-0.25, -0.2) is 0 Å². The van der Waals surface area contributed by atoms with Crippen LogP contribution in [0.1, 0.15) is 37.9 Å². The Kier molecular flexibility index (Phi) is 7.96. The van der Waals surface area contributed by atoms with Gasteiger partial charge in [0.2, 0.25) is 5.91 Å². The molecular weight excluding hydrogens is 330 g/mol. The van der Waals surface area contributed by atoms with Crippen LogP contribution >= 0.6 is 0 Å². The van der Waals surface area contributed by atoms with Gasteiger partial charge in [-0.1, -0.05) is 36.4 Å². The predicted molar refractivity (Wildman–Crippen MR) is 101 cm³/mol. The quantitative estimate of drug-likeness (QED) is 0.701. The number of carbonyl (C=O) groups excluding carboxylic acids is 1. The first kappa shape index (κ1) is 19.8. The van der Waals surface area contributed by atoms with Gasteiger partial charge in [0.25, 0.3) is 0 Å². The maximum absolute atomic E-state index is 12.1. The summed E-state index contributed by atoms with van der Waals surface area (Å²) >= 11 is 0. The monoisotopic (exact) mass is 357 g/mol. The van der Waals surface area contributed by atoms with Gasteiger partial charge in [-0.3, -0.25) is 4.79 Å². The number of hydrogen-bond acceptors (Lipinski definition) is 4. The van der Waals surface area contributed by atoms with E-state index in [2.05, 4.69) is 5.32 Å². The maximum Gasteiger partial charge on any atom is 0.246 e. The van der Waals surface area contributed by atoms with Crippen LogP contribution < -0.4 is 14.8 Å². The number of rotatable bonds is 10. The number of carbonyl (C=O) groups is 1. The fourth-order valence-corrected chi connectivity index (χ4v) is 2.54. The van der Waals surface area contributed by atoms with Crippen molar-refractivity contribution in [3.8, 4) is 11.5 Å². The first-order chi connectivity index (χ1) is 12.6. The molecule has 1 unspecified atom stereocenters. The van der Waals surface area contributed by atoms with Gasteiger partial charge in [0.1, 0.15) is 6.61 Å². The summed E-state index contributed by atoms with van der Waals surface area (Å²) in [6.45, 7) is 7.36. The Morgan fingerprint density at radius 1 is 1.00 bits per heavy atom. The van der Waals surface area contributed by atoms with Gasteiger partial charge in [0, 0.05) is 0 Å². The predicted octanol–water partition coefficient (Wildman–Crippen LogP) is 3.88. The topological polar surface area (TPSA) is 56.8 Å². The summed E-state index contributed by atoms with van der Waals surface area (Å²) in [4.78, 5) is 12.1. The van der Waals surface area contributed by atoms with E-state index in [1.165, 1.54) is 0 Å². The van der Waals surface area contributed by atoms with Gasteiger partial charge in [0.05, 0.1) is 25.9 Å². The van der Waals surface area contributed by atoms with E-state index in [9.17, 15) is 4.79 Å². The molecule has 0 aliphatic rings. The number of ether oxygens (including phenoxy) is 3. The molecule has 0 aromatic heterocycles. The van der Waals surface area contributed by atoms with E-state index in [1.807, 2.05) is 69.3 Å². The molecule has 1 N–H and O–H groups in total. The Morgan fingerprint density at radius 2 is 1.69 bits per heavy atom. The van der Waals surface area contributed by atoms with Crippen LogP contribution in [-0.4, -0.2) is 25.7 Å². The van der Waals surface area contributed by atoms with Gasteiger partial charge in [-0.05, 0) is 44.0 Å². The molecule has 1 atom stereocenters. The zero-order valence-corrected chi connectivity index (χ0v) is 15.7. The van der Waals surface area contributed by atoms with Crippen molar-refractivity contribution in [2.45, 2.75) is 33.4 Å². The molecule has 0 bridgehead atoms. The SMILES string of the molecule is CCOc1ccc(C(C)NC(=O)COCc2ccccc2)cc1OCC. The number of hydrogen-bond donors (Lipinski definition) is 1. The standard InChI is InChI=1S/C21H27NO4/c1-4-25-19-12-11-18(13-20(19)26-5-2)16(3)22-21(23)15-24-14-17-9-7-6-8-10-17/h6-13,16H,4-5,14-15H2,1-3H3,(H,22,23). The highest BCUT2D eigenvalue weighted by Gasteiger charge is 2.13. The summed E-state index contributed by atoms with van der Waals surface area (Å²) < 4.78 is 16.7. The lowest BCUT2D eigenvalue weighted by molar-refractivity contribution is -0.126. The normalized spacial score (nSPS) is 11.7. The van der Waals surface area contributed by atoms with Crippen molar-refractivity contribution in [2.75, 3.05) is 19.8 Å². The maximum atomic E-state index is 12.1. The average Bonchev–Trinajstić information content (AvgIpc) is 2.64. The number of nitrogens with one attached hydrogen (secondary N) is 1. The van der Waals surface area contributed by atoms with E-state index in [1.54, 1.807) is 0 Å². The number of benzene rings is 2. The van der Waals surface area contributed by atoms with E-state index < -0.39 is 0 Å². The molecule has 0 heterocycles. The molecule has 0 aliphatic carbocycles. The van der Waals surface area contributed by atoms with Crippen LogP contribution in [0.5, 0.6) is 11.5 Å². The van der Waals surface area contributed by atoms with Crippen LogP contribution in [0.4, 0.5) is 0 Å². The van der Waals surface area contributed by atoms with Gasteiger partial charge >= 0.3 is 0 Å². The van der Waals surface area contributed by atoms with E-state index in [4.69, 9.17) is 14.2 Å². The number of amides is 1. The van der Waals surface area contributed by atoms with Crippen molar-refractivity contribution in [3.63, 3.8) is 0 Å². The Bertz CT molecular complexity index is 688. The van der Waals surface area contributed by atoms with Gasteiger partial charge in [-0.2, -0.15) is 0 Å². The molecule has 0 saturated heterocycles. The average molecular weight is 357 g/mol. The third kappa shape index (κ3) is 6.08. The van der Waals surface area contributed by atoms with Crippen LogP contribution in [-0.2, 0) is 16.1 Å². The molecule has 0 spiro atoms. The third-order valence-electron chi connectivity index (χ3n) is 3.79. The smallest absolute Gasteiger partial charge is 0.246 e. The second kappa shape index (κ2) is 10.5. The molecule has 5 nitrogen and oxygen atoms in total. The molecule has 0 saturated carbocycles. The Hall–Kier alpha value is -2.53.